The van der Waals surface area contributed by atoms with E-state index in [0.717, 1.165) is 32.6 Å². The second kappa shape index (κ2) is 7.66. The number of amides is 2. The standard InChI is InChI=1S/C22H21N3O2S/c1-24(13-20(26)23-17-10-3-4-12-19(17)28-2)14-25-18-11-6-8-15-7-5-9-16(21(15)18)22(25)27/h3-12H,13-14H2,1-2H3,(H,23,26). The molecule has 4 rings (SSSR count). The van der Waals surface area contributed by atoms with E-state index in [1.54, 1.807) is 16.7 Å². The number of para-hydroxylation sites is 1. The molecule has 0 spiro atoms. The largest absolute Gasteiger partial charge is 0.324 e. The molecule has 28 heavy (non-hydrogen) atoms. The van der Waals surface area contributed by atoms with Crippen LogP contribution in [0.3, 0.4) is 0 Å². The summed E-state index contributed by atoms with van der Waals surface area (Å²) in [6, 6.07) is 19.4. The van der Waals surface area contributed by atoms with Crippen molar-refractivity contribution in [3.63, 3.8) is 0 Å². The van der Waals surface area contributed by atoms with Gasteiger partial charge in [-0.1, -0.05) is 36.4 Å². The number of benzene rings is 3. The lowest BCUT2D eigenvalue weighted by Crippen LogP contribution is -2.41. The highest BCUT2D eigenvalue weighted by Crippen LogP contribution is 2.37. The molecule has 1 aliphatic rings. The van der Waals surface area contributed by atoms with Gasteiger partial charge in [-0.15, -0.1) is 11.8 Å². The molecule has 0 radical (unpaired) electrons. The van der Waals surface area contributed by atoms with Crippen LogP contribution in [0.2, 0.25) is 0 Å². The number of rotatable bonds is 6. The van der Waals surface area contributed by atoms with Crippen molar-refractivity contribution in [2.24, 2.45) is 0 Å². The summed E-state index contributed by atoms with van der Waals surface area (Å²) in [5.74, 6) is -0.127. The second-order valence-electron chi connectivity index (χ2n) is 6.82. The number of carbonyl (C=O) groups is 2. The van der Waals surface area contributed by atoms with Crippen LogP contribution in [0.1, 0.15) is 10.4 Å². The van der Waals surface area contributed by atoms with Gasteiger partial charge in [0.25, 0.3) is 5.91 Å². The molecule has 1 heterocycles. The van der Waals surface area contributed by atoms with E-state index in [1.807, 2.05) is 78.9 Å². The molecule has 1 aliphatic heterocycles. The van der Waals surface area contributed by atoms with E-state index in [2.05, 4.69) is 5.32 Å². The van der Waals surface area contributed by atoms with Gasteiger partial charge in [0.15, 0.2) is 0 Å². The highest BCUT2D eigenvalue weighted by atomic mass is 32.2. The van der Waals surface area contributed by atoms with Gasteiger partial charge in [0.2, 0.25) is 5.91 Å². The highest BCUT2D eigenvalue weighted by Gasteiger charge is 2.30. The first-order chi connectivity index (χ1) is 13.6. The Morgan fingerprint density at radius 3 is 2.61 bits per heavy atom. The Morgan fingerprint density at radius 1 is 1.07 bits per heavy atom. The minimum atomic E-state index is -0.105. The maximum atomic E-state index is 12.9. The first kappa shape index (κ1) is 18.5. The number of thioether (sulfide) groups is 1. The predicted molar refractivity (Wildman–Crippen MR) is 115 cm³/mol. The number of hydrogen-bond acceptors (Lipinski definition) is 4. The molecule has 0 fully saturated rings. The third-order valence-electron chi connectivity index (χ3n) is 4.83. The van der Waals surface area contributed by atoms with Gasteiger partial charge >= 0.3 is 0 Å². The maximum absolute atomic E-state index is 12.9. The van der Waals surface area contributed by atoms with Gasteiger partial charge in [0.05, 0.1) is 24.6 Å². The SMILES string of the molecule is CSc1ccccc1NC(=O)CN(C)CN1C(=O)c2cccc3cccc1c23. The molecular weight excluding hydrogens is 370 g/mol. The van der Waals surface area contributed by atoms with Gasteiger partial charge in [-0.25, -0.2) is 0 Å². The van der Waals surface area contributed by atoms with Crippen molar-refractivity contribution in [2.45, 2.75) is 4.90 Å². The lowest BCUT2D eigenvalue weighted by Gasteiger charge is -2.24. The Bertz CT molecular complexity index is 1060. The van der Waals surface area contributed by atoms with E-state index in [9.17, 15) is 9.59 Å². The lowest BCUT2D eigenvalue weighted by molar-refractivity contribution is -0.117. The van der Waals surface area contributed by atoms with Gasteiger partial charge < -0.3 is 5.32 Å². The van der Waals surface area contributed by atoms with Gasteiger partial charge in [-0.3, -0.25) is 19.4 Å². The molecule has 142 valence electrons. The normalized spacial score (nSPS) is 12.8. The van der Waals surface area contributed by atoms with E-state index in [0.29, 0.717) is 6.67 Å². The molecule has 3 aromatic carbocycles. The molecule has 2 amide bonds. The van der Waals surface area contributed by atoms with Gasteiger partial charge in [-0.05, 0) is 43.0 Å². The fourth-order valence-electron chi connectivity index (χ4n) is 3.59. The van der Waals surface area contributed by atoms with Crippen molar-refractivity contribution in [1.29, 1.82) is 0 Å². The van der Waals surface area contributed by atoms with Crippen molar-refractivity contribution in [3.05, 3.63) is 66.2 Å². The predicted octanol–water partition coefficient (Wildman–Crippen LogP) is 4.05. The number of nitrogens with one attached hydrogen (secondary N) is 1. The Morgan fingerprint density at radius 2 is 1.82 bits per heavy atom. The molecule has 0 saturated carbocycles. The number of hydrogen-bond donors (Lipinski definition) is 1. The summed E-state index contributed by atoms with van der Waals surface area (Å²) in [6.07, 6.45) is 1.98. The third-order valence-corrected chi connectivity index (χ3v) is 5.62. The number of nitrogens with zero attached hydrogens (tertiary/aromatic N) is 2. The van der Waals surface area contributed by atoms with E-state index in [-0.39, 0.29) is 18.4 Å². The summed E-state index contributed by atoms with van der Waals surface area (Å²) in [5, 5.41) is 5.00. The summed E-state index contributed by atoms with van der Waals surface area (Å²) < 4.78 is 0. The maximum Gasteiger partial charge on any atom is 0.260 e. The molecule has 0 aromatic heterocycles. The molecule has 0 bridgehead atoms. The molecule has 6 heteroatoms. The number of carbonyl (C=O) groups excluding carboxylic acids is 2. The van der Waals surface area contributed by atoms with E-state index < -0.39 is 0 Å². The van der Waals surface area contributed by atoms with Crippen LogP contribution in [0.25, 0.3) is 10.8 Å². The first-order valence-electron chi connectivity index (χ1n) is 9.03. The third kappa shape index (κ3) is 3.37. The lowest BCUT2D eigenvalue weighted by atomic mass is 10.1. The summed E-state index contributed by atoms with van der Waals surface area (Å²) in [4.78, 5) is 30.0. The zero-order valence-corrected chi connectivity index (χ0v) is 16.6. The molecule has 1 N–H and O–H groups in total. The van der Waals surface area contributed by atoms with Crippen molar-refractivity contribution in [1.82, 2.24) is 4.90 Å². The Hall–Kier alpha value is -2.83. The van der Waals surface area contributed by atoms with Crippen molar-refractivity contribution in [2.75, 3.05) is 36.7 Å². The zero-order chi connectivity index (χ0) is 19.7. The molecular formula is C22H21N3O2S. The fourth-order valence-corrected chi connectivity index (χ4v) is 4.15. The first-order valence-corrected chi connectivity index (χ1v) is 10.3. The molecule has 3 aromatic rings. The number of likely N-dealkylation sites (N-methyl/N-ethyl adjacent to an activating group) is 1. The minimum Gasteiger partial charge on any atom is -0.324 e. The fraction of sp³-hybridized carbons (Fsp3) is 0.182. The van der Waals surface area contributed by atoms with Crippen LogP contribution in [-0.2, 0) is 4.79 Å². The Kier molecular flexibility index (Phi) is 5.07. The average Bonchev–Trinajstić information content (AvgIpc) is 2.96. The highest BCUT2D eigenvalue weighted by molar-refractivity contribution is 7.98. The van der Waals surface area contributed by atoms with Gasteiger partial charge in [0.1, 0.15) is 0 Å². The summed E-state index contributed by atoms with van der Waals surface area (Å²) >= 11 is 1.59. The van der Waals surface area contributed by atoms with Crippen LogP contribution in [0.4, 0.5) is 11.4 Å². The van der Waals surface area contributed by atoms with E-state index in [1.165, 1.54) is 0 Å². The minimum absolute atomic E-state index is 0.0215. The Balaban J connectivity index is 1.46. The van der Waals surface area contributed by atoms with E-state index >= 15 is 0 Å². The smallest absolute Gasteiger partial charge is 0.260 e. The van der Waals surface area contributed by atoms with Crippen LogP contribution in [0, 0.1) is 0 Å². The molecule has 0 aliphatic carbocycles. The van der Waals surface area contributed by atoms with Crippen LogP contribution < -0.4 is 10.2 Å². The van der Waals surface area contributed by atoms with Crippen LogP contribution in [0.5, 0.6) is 0 Å². The van der Waals surface area contributed by atoms with E-state index in [4.69, 9.17) is 0 Å². The van der Waals surface area contributed by atoms with Gasteiger partial charge in [0, 0.05) is 15.8 Å². The molecule has 5 nitrogen and oxygen atoms in total. The van der Waals surface area contributed by atoms with Gasteiger partial charge in [-0.2, -0.15) is 0 Å². The summed E-state index contributed by atoms with van der Waals surface area (Å²) in [7, 11) is 1.84. The quantitative estimate of drug-likeness (QED) is 0.644. The molecule has 0 saturated heterocycles. The van der Waals surface area contributed by atoms with Crippen LogP contribution >= 0.6 is 11.8 Å². The van der Waals surface area contributed by atoms with Crippen molar-refractivity contribution in [3.8, 4) is 0 Å². The average molecular weight is 391 g/mol. The second-order valence-corrected chi connectivity index (χ2v) is 7.67. The molecule has 0 atom stereocenters. The molecule has 0 unspecified atom stereocenters. The summed E-state index contributed by atoms with van der Waals surface area (Å²) in [5.41, 5.74) is 2.43. The number of anilines is 2. The van der Waals surface area contributed by atoms with Crippen LogP contribution in [-0.4, -0.2) is 43.2 Å². The van der Waals surface area contributed by atoms with Crippen molar-refractivity contribution >= 4 is 45.7 Å². The zero-order valence-electron chi connectivity index (χ0n) is 15.8. The summed E-state index contributed by atoms with van der Waals surface area (Å²) in [6.45, 7) is 0.545. The topological polar surface area (TPSA) is 52.7 Å². The monoisotopic (exact) mass is 391 g/mol. The van der Waals surface area contributed by atoms with Crippen LogP contribution in [0.15, 0.2) is 65.6 Å². The Labute approximate surface area is 168 Å². The van der Waals surface area contributed by atoms with Crippen molar-refractivity contribution < 1.29 is 9.59 Å².